The maximum atomic E-state index is 10.5. The molecule has 2 rings (SSSR count). The fourth-order valence-electron chi connectivity index (χ4n) is 2.44. The molecule has 1 atom stereocenters. The van der Waals surface area contributed by atoms with Gasteiger partial charge in [-0.2, -0.15) is 26.3 Å². The summed E-state index contributed by atoms with van der Waals surface area (Å²) >= 11 is 0. The lowest BCUT2D eigenvalue weighted by atomic mass is 10.1. The zero-order chi connectivity index (χ0) is 24.4. The second-order valence-corrected chi connectivity index (χ2v) is 6.32. The Morgan fingerprint density at radius 2 is 1.52 bits per heavy atom. The van der Waals surface area contributed by atoms with Crippen LogP contribution in [-0.2, 0) is 16.1 Å². The number of aliphatic carboxylic acids is 2. The van der Waals surface area contributed by atoms with Crippen LogP contribution in [-0.4, -0.2) is 65.4 Å². The molecule has 1 aromatic carbocycles. The summed E-state index contributed by atoms with van der Waals surface area (Å²) in [4.78, 5) is 20.0. The number of piperazine rings is 1. The van der Waals surface area contributed by atoms with E-state index in [-0.39, 0.29) is 0 Å². The summed E-state index contributed by atoms with van der Waals surface area (Å²) in [7, 11) is 0. The van der Waals surface area contributed by atoms with Gasteiger partial charge in [-0.3, -0.25) is 10.6 Å². The number of hydrogen-bond acceptors (Lipinski definition) is 5. The molecular formula is C17H22F6N4O4. The Morgan fingerprint density at radius 3 is 1.84 bits per heavy atom. The smallest absolute Gasteiger partial charge is 0.437 e. The number of carbonyl (C=O) groups excluding carboxylic acids is 2. The highest BCUT2D eigenvalue weighted by Gasteiger charge is 2.29. The molecular weight excluding hydrogens is 438 g/mol. The van der Waals surface area contributed by atoms with Crippen LogP contribution in [0.2, 0.25) is 0 Å². The number of nitrogens with zero attached hydrogens (tertiary/aromatic N) is 2. The molecule has 0 unspecified atom stereocenters. The van der Waals surface area contributed by atoms with Gasteiger partial charge in [0.2, 0.25) is 0 Å². The average Bonchev–Trinajstić information content (AvgIpc) is 2.61. The van der Waals surface area contributed by atoms with E-state index in [1.165, 1.54) is 5.56 Å². The second-order valence-electron chi connectivity index (χ2n) is 6.32. The number of alkyl halides is 6. The van der Waals surface area contributed by atoms with Gasteiger partial charge in [0.05, 0.1) is 0 Å². The van der Waals surface area contributed by atoms with Crippen LogP contribution >= 0.6 is 0 Å². The highest BCUT2D eigenvalue weighted by Crippen LogP contribution is 2.12. The zero-order valence-corrected chi connectivity index (χ0v) is 16.4. The number of carbonyl (C=O) groups is 2. The van der Waals surface area contributed by atoms with Gasteiger partial charge in [0, 0.05) is 19.6 Å². The van der Waals surface area contributed by atoms with Crippen LogP contribution in [0.1, 0.15) is 12.5 Å². The van der Waals surface area contributed by atoms with Gasteiger partial charge in [-0.15, -0.1) is 0 Å². The van der Waals surface area contributed by atoms with Crippen molar-refractivity contribution in [2.24, 2.45) is 5.73 Å². The molecule has 0 bridgehead atoms. The van der Waals surface area contributed by atoms with Crippen molar-refractivity contribution >= 4 is 17.9 Å². The fourth-order valence-corrected chi connectivity index (χ4v) is 2.44. The number of benzene rings is 1. The van der Waals surface area contributed by atoms with Crippen LogP contribution in [0.25, 0.3) is 0 Å². The molecule has 1 fully saturated rings. The van der Waals surface area contributed by atoms with Crippen molar-refractivity contribution in [3.8, 4) is 0 Å². The molecule has 1 aliphatic heterocycles. The first-order valence-corrected chi connectivity index (χ1v) is 8.59. The first-order valence-electron chi connectivity index (χ1n) is 8.59. The molecule has 0 aromatic heterocycles. The maximum absolute atomic E-state index is 10.5. The molecule has 1 aliphatic rings. The van der Waals surface area contributed by atoms with E-state index in [0.29, 0.717) is 12.0 Å². The van der Waals surface area contributed by atoms with Crippen LogP contribution < -0.4 is 21.7 Å². The minimum Gasteiger partial charge on any atom is -0.542 e. The number of guanidine groups is 1. The predicted octanol–water partition coefficient (Wildman–Crippen LogP) is -1.94. The molecule has 0 amide bonds. The molecule has 0 aliphatic carbocycles. The van der Waals surface area contributed by atoms with Gasteiger partial charge in [-0.25, -0.2) is 10.3 Å². The van der Waals surface area contributed by atoms with E-state index in [0.717, 1.165) is 26.2 Å². The largest absolute Gasteiger partial charge is 0.542 e. The monoisotopic (exact) mass is 460 g/mol. The van der Waals surface area contributed by atoms with Gasteiger partial charge in [0.1, 0.15) is 24.5 Å². The first kappa shape index (κ1) is 28.1. The predicted molar refractivity (Wildman–Crippen MR) is 90.5 cm³/mol. The van der Waals surface area contributed by atoms with Crippen LogP contribution in [0.15, 0.2) is 30.3 Å². The van der Waals surface area contributed by atoms with Crippen LogP contribution in [0, 0.1) is 0 Å². The SMILES string of the molecule is C[C@@H]1CN(Cc2ccccc2)CC[N+]1=C(N)[NH3+].O=C([O-])C(F)(F)F.O=C([O-])C(F)(F)F. The molecule has 0 radical (unpaired) electrons. The standard InChI is InChI=1S/C13H20N4.2C2HF3O2/c1-11-9-16(7-8-17(11)13(14)15)10-12-5-3-2-4-6-12;2*3-2(4,5)1(6)7/h2-6,11H,7-10H2,1H3,(H3,14,15);2*(H,6,7)/t11-;;/m1../s1. The number of carboxylic acid groups (broad SMARTS) is 2. The van der Waals surface area contributed by atoms with E-state index in [1.807, 2.05) is 0 Å². The molecule has 1 saturated heterocycles. The van der Waals surface area contributed by atoms with Gasteiger partial charge in [0.15, 0.2) is 0 Å². The summed E-state index contributed by atoms with van der Waals surface area (Å²) in [5.74, 6) is -5.32. The Labute approximate surface area is 173 Å². The summed E-state index contributed by atoms with van der Waals surface area (Å²) in [5, 5.41) is 17.6. The highest BCUT2D eigenvalue weighted by atomic mass is 19.4. The van der Waals surface area contributed by atoms with Crippen molar-refractivity contribution in [2.75, 3.05) is 19.6 Å². The van der Waals surface area contributed by atoms with E-state index in [2.05, 4.69) is 52.5 Å². The van der Waals surface area contributed by atoms with Crippen molar-refractivity contribution in [1.82, 2.24) is 4.90 Å². The molecule has 14 heteroatoms. The topological polar surface area (TPSA) is 140 Å². The van der Waals surface area contributed by atoms with Gasteiger partial charge in [-0.05, 0) is 12.5 Å². The number of quaternary nitrogens is 1. The van der Waals surface area contributed by atoms with Gasteiger partial charge >= 0.3 is 18.3 Å². The Bertz CT molecular complexity index is 725. The van der Waals surface area contributed by atoms with Gasteiger partial charge in [0.25, 0.3) is 0 Å². The van der Waals surface area contributed by atoms with Crippen molar-refractivity contribution < 1.29 is 56.5 Å². The highest BCUT2D eigenvalue weighted by molar-refractivity contribution is 5.71. The average molecular weight is 460 g/mol. The molecule has 8 nitrogen and oxygen atoms in total. The lowest BCUT2D eigenvalue weighted by Crippen LogP contribution is -2.69. The van der Waals surface area contributed by atoms with E-state index in [1.54, 1.807) is 0 Å². The van der Waals surface area contributed by atoms with E-state index >= 15 is 0 Å². The quantitative estimate of drug-likeness (QED) is 0.299. The summed E-state index contributed by atoms with van der Waals surface area (Å²) in [5.41, 5.74) is 11.0. The summed E-state index contributed by atoms with van der Waals surface area (Å²) in [6.45, 7) is 6.30. The second kappa shape index (κ2) is 12.1. The lowest BCUT2D eigenvalue weighted by Gasteiger charge is -2.30. The van der Waals surface area contributed by atoms with Crippen LogP contribution in [0.3, 0.4) is 0 Å². The Hall–Kier alpha value is -2.87. The van der Waals surface area contributed by atoms with E-state index < -0.39 is 24.3 Å². The number of rotatable bonds is 2. The third kappa shape index (κ3) is 11.8. The summed E-state index contributed by atoms with van der Waals surface area (Å²) in [6, 6.07) is 11.1. The molecule has 176 valence electrons. The normalized spacial score (nSPS) is 18.6. The Morgan fingerprint density at radius 1 is 1.10 bits per heavy atom. The van der Waals surface area contributed by atoms with Crippen molar-refractivity contribution in [1.29, 1.82) is 0 Å². The van der Waals surface area contributed by atoms with E-state index in [4.69, 9.17) is 25.5 Å². The molecule has 0 saturated carbocycles. The molecule has 5 N–H and O–H groups in total. The Kier molecular flexibility index (Phi) is 11.0. The molecule has 1 aromatic rings. The maximum Gasteiger partial charge on any atom is 0.437 e. The third-order valence-electron chi connectivity index (χ3n) is 3.79. The molecule has 0 spiro atoms. The van der Waals surface area contributed by atoms with E-state index in [9.17, 15) is 26.3 Å². The zero-order valence-electron chi connectivity index (χ0n) is 16.4. The van der Waals surface area contributed by atoms with Crippen LogP contribution in [0.5, 0.6) is 0 Å². The van der Waals surface area contributed by atoms with Gasteiger partial charge in [-0.1, -0.05) is 30.3 Å². The molecule has 1 heterocycles. The van der Waals surface area contributed by atoms with Crippen molar-refractivity contribution in [3.05, 3.63) is 35.9 Å². The minimum absolute atomic E-state index is 0.449. The lowest BCUT2D eigenvalue weighted by molar-refractivity contribution is -0.603. The number of nitrogens with two attached hydrogens (primary N) is 1. The third-order valence-corrected chi connectivity index (χ3v) is 3.79. The number of carboxylic acids is 2. The summed E-state index contributed by atoms with van der Waals surface area (Å²) in [6.07, 6.45) is -10.4. The number of hydrogen-bond donors (Lipinski definition) is 2. The van der Waals surface area contributed by atoms with Crippen LogP contribution in [0.4, 0.5) is 26.3 Å². The van der Waals surface area contributed by atoms with Crippen molar-refractivity contribution in [2.45, 2.75) is 31.9 Å². The number of halogens is 6. The molecule has 31 heavy (non-hydrogen) atoms. The van der Waals surface area contributed by atoms with Crippen molar-refractivity contribution in [3.63, 3.8) is 0 Å². The minimum atomic E-state index is -5.19. The Balaban J connectivity index is 0.000000536. The summed E-state index contributed by atoms with van der Waals surface area (Å²) < 4.78 is 65.3. The first-order chi connectivity index (χ1) is 14.1. The van der Waals surface area contributed by atoms with Gasteiger partial charge < -0.3 is 19.8 Å². The fraction of sp³-hybridized carbons (Fsp3) is 0.471.